The Morgan fingerprint density at radius 2 is 1.95 bits per heavy atom. The fourth-order valence-electron chi connectivity index (χ4n) is 2.01. The van der Waals surface area contributed by atoms with Crippen molar-refractivity contribution in [3.63, 3.8) is 0 Å². The largest absolute Gasteiger partial charge is 0.486 e. The third-order valence-corrected chi connectivity index (χ3v) is 3.35. The molecule has 2 aromatic carbocycles. The molecule has 0 heterocycles. The van der Waals surface area contributed by atoms with Crippen LogP contribution in [0.3, 0.4) is 0 Å². The van der Waals surface area contributed by atoms with E-state index in [2.05, 4.69) is 6.07 Å². The number of nitrogens with two attached hydrogens (primary N) is 1. The van der Waals surface area contributed by atoms with Gasteiger partial charge >= 0.3 is 6.03 Å². The molecule has 0 saturated heterocycles. The van der Waals surface area contributed by atoms with Crippen LogP contribution in [0.15, 0.2) is 48.5 Å². The SMILES string of the molecule is C[C@@H](Oc1ccc(N(C)C(N)=O)cc1)c1cccc(C#N)c1. The van der Waals surface area contributed by atoms with Crippen LogP contribution < -0.4 is 15.4 Å². The lowest BCUT2D eigenvalue weighted by atomic mass is 10.1. The Morgan fingerprint density at radius 1 is 1.27 bits per heavy atom. The summed E-state index contributed by atoms with van der Waals surface area (Å²) in [4.78, 5) is 12.4. The van der Waals surface area contributed by atoms with E-state index in [9.17, 15) is 4.79 Å². The highest BCUT2D eigenvalue weighted by atomic mass is 16.5. The maximum absolute atomic E-state index is 11.1. The summed E-state index contributed by atoms with van der Waals surface area (Å²) in [7, 11) is 1.61. The van der Waals surface area contributed by atoms with Crippen molar-refractivity contribution in [2.45, 2.75) is 13.0 Å². The number of rotatable bonds is 4. The molecule has 0 aliphatic carbocycles. The second kappa shape index (κ2) is 6.64. The molecule has 0 spiro atoms. The number of amides is 2. The van der Waals surface area contributed by atoms with Gasteiger partial charge < -0.3 is 10.5 Å². The molecule has 0 aliphatic rings. The first kappa shape index (κ1) is 15.4. The normalized spacial score (nSPS) is 11.3. The van der Waals surface area contributed by atoms with Crippen LogP contribution in [0.25, 0.3) is 0 Å². The minimum atomic E-state index is -0.518. The van der Waals surface area contributed by atoms with Gasteiger partial charge in [0.2, 0.25) is 0 Å². The standard InChI is InChI=1S/C17H17N3O2/c1-12(14-5-3-4-13(10-14)11-18)22-16-8-6-15(7-9-16)20(2)17(19)21/h3-10,12H,1-2H3,(H2,19,21)/t12-/m1/s1. The fraction of sp³-hybridized carbons (Fsp3) is 0.176. The van der Waals surface area contributed by atoms with Crippen molar-refractivity contribution >= 4 is 11.7 Å². The van der Waals surface area contributed by atoms with E-state index in [1.165, 1.54) is 4.90 Å². The molecule has 0 radical (unpaired) electrons. The second-order valence-electron chi connectivity index (χ2n) is 4.89. The molecule has 2 amide bonds. The van der Waals surface area contributed by atoms with E-state index in [4.69, 9.17) is 15.7 Å². The zero-order chi connectivity index (χ0) is 16.1. The van der Waals surface area contributed by atoms with Crippen molar-refractivity contribution in [1.82, 2.24) is 0 Å². The zero-order valence-electron chi connectivity index (χ0n) is 12.5. The molecule has 2 aromatic rings. The van der Waals surface area contributed by atoms with Crippen LogP contribution in [0.4, 0.5) is 10.5 Å². The number of nitrogens with zero attached hydrogens (tertiary/aromatic N) is 2. The molecule has 5 nitrogen and oxygen atoms in total. The monoisotopic (exact) mass is 295 g/mol. The molecule has 0 unspecified atom stereocenters. The Balaban J connectivity index is 2.10. The van der Waals surface area contributed by atoms with E-state index in [1.54, 1.807) is 43.4 Å². The summed E-state index contributed by atoms with van der Waals surface area (Å²) in [6.07, 6.45) is -0.187. The number of benzene rings is 2. The molecule has 0 aromatic heterocycles. The van der Waals surface area contributed by atoms with Crippen LogP contribution in [-0.2, 0) is 0 Å². The van der Waals surface area contributed by atoms with Crippen LogP contribution in [0.5, 0.6) is 5.75 Å². The van der Waals surface area contributed by atoms with Crippen molar-refractivity contribution in [2.24, 2.45) is 5.73 Å². The highest BCUT2D eigenvalue weighted by Crippen LogP contribution is 2.24. The molecule has 0 aliphatic heterocycles. The van der Waals surface area contributed by atoms with Crippen molar-refractivity contribution in [1.29, 1.82) is 5.26 Å². The Kier molecular flexibility index (Phi) is 4.64. The van der Waals surface area contributed by atoms with Crippen LogP contribution in [0.2, 0.25) is 0 Å². The summed E-state index contributed by atoms with van der Waals surface area (Å²) in [5.41, 5.74) is 7.44. The van der Waals surface area contributed by atoms with E-state index in [0.29, 0.717) is 17.0 Å². The number of primary amides is 1. The summed E-state index contributed by atoms with van der Waals surface area (Å²) in [5.74, 6) is 0.677. The quantitative estimate of drug-likeness (QED) is 0.940. The van der Waals surface area contributed by atoms with Gasteiger partial charge in [-0.05, 0) is 48.9 Å². The van der Waals surface area contributed by atoms with E-state index >= 15 is 0 Å². The van der Waals surface area contributed by atoms with Gasteiger partial charge in [-0.3, -0.25) is 4.90 Å². The Labute approximate surface area is 129 Å². The number of hydrogen-bond acceptors (Lipinski definition) is 3. The van der Waals surface area contributed by atoms with Gasteiger partial charge in [0.1, 0.15) is 11.9 Å². The minimum Gasteiger partial charge on any atom is -0.486 e. The lowest BCUT2D eigenvalue weighted by molar-refractivity contribution is 0.227. The number of hydrogen-bond donors (Lipinski definition) is 1. The first-order valence-electron chi connectivity index (χ1n) is 6.81. The van der Waals surface area contributed by atoms with Gasteiger partial charge in [0.05, 0.1) is 11.6 Å². The topological polar surface area (TPSA) is 79.3 Å². The summed E-state index contributed by atoms with van der Waals surface area (Å²) < 4.78 is 5.85. The average molecular weight is 295 g/mol. The number of ether oxygens (including phenoxy) is 1. The highest BCUT2D eigenvalue weighted by Gasteiger charge is 2.10. The number of carbonyl (C=O) groups is 1. The van der Waals surface area contributed by atoms with Crippen LogP contribution in [-0.4, -0.2) is 13.1 Å². The zero-order valence-corrected chi connectivity index (χ0v) is 12.5. The third kappa shape index (κ3) is 3.55. The van der Waals surface area contributed by atoms with Crippen LogP contribution in [0.1, 0.15) is 24.2 Å². The van der Waals surface area contributed by atoms with Crippen LogP contribution in [0, 0.1) is 11.3 Å². The first-order valence-corrected chi connectivity index (χ1v) is 6.81. The van der Waals surface area contributed by atoms with Crippen molar-refractivity contribution in [3.05, 3.63) is 59.7 Å². The van der Waals surface area contributed by atoms with Crippen LogP contribution >= 0.6 is 0 Å². The van der Waals surface area contributed by atoms with Gasteiger partial charge in [0.15, 0.2) is 0 Å². The fourth-order valence-corrected chi connectivity index (χ4v) is 2.01. The first-order chi connectivity index (χ1) is 10.5. The molecule has 2 N–H and O–H groups in total. The molecule has 0 bridgehead atoms. The maximum atomic E-state index is 11.1. The molecule has 22 heavy (non-hydrogen) atoms. The number of urea groups is 1. The maximum Gasteiger partial charge on any atom is 0.318 e. The lowest BCUT2D eigenvalue weighted by Gasteiger charge is -2.17. The summed E-state index contributed by atoms with van der Waals surface area (Å²) in [5, 5.41) is 8.93. The third-order valence-electron chi connectivity index (χ3n) is 3.35. The molecule has 112 valence electrons. The van der Waals surface area contributed by atoms with Gasteiger partial charge in [-0.15, -0.1) is 0 Å². The molecule has 2 rings (SSSR count). The predicted molar refractivity (Wildman–Crippen MR) is 84.6 cm³/mol. The van der Waals surface area contributed by atoms with E-state index in [-0.39, 0.29) is 6.10 Å². The average Bonchev–Trinajstić information content (AvgIpc) is 2.54. The molecule has 0 fully saturated rings. The lowest BCUT2D eigenvalue weighted by Crippen LogP contribution is -2.31. The van der Waals surface area contributed by atoms with Gasteiger partial charge in [0, 0.05) is 12.7 Å². The second-order valence-corrected chi connectivity index (χ2v) is 4.89. The molecule has 0 saturated carbocycles. The summed E-state index contributed by atoms with van der Waals surface area (Å²) in [6, 6.07) is 16.0. The summed E-state index contributed by atoms with van der Waals surface area (Å²) >= 11 is 0. The number of nitriles is 1. The Hall–Kier alpha value is -3.00. The van der Waals surface area contributed by atoms with Gasteiger partial charge in [0.25, 0.3) is 0 Å². The molecule has 1 atom stereocenters. The van der Waals surface area contributed by atoms with Crippen molar-refractivity contribution < 1.29 is 9.53 Å². The van der Waals surface area contributed by atoms with E-state index < -0.39 is 6.03 Å². The van der Waals surface area contributed by atoms with E-state index in [1.807, 2.05) is 19.1 Å². The Morgan fingerprint density at radius 3 is 2.55 bits per heavy atom. The number of anilines is 1. The van der Waals surface area contributed by atoms with E-state index in [0.717, 1.165) is 5.56 Å². The smallest absolute Gasteiger partial charge is 0.318 e. The predicted octanol–water partition coefficient (Wildman–Crippen LogP) is 3.21. The Bertz CT molecular complexity index is 705. The van der Waals surface area contributed by atoms with Crippen molar-refractivity contribution in [2.75, 3.05) is 11.9 Å². The molecular weight excluding hydrogens is 278 g/mol. The molecular formula is C17H17N3O2. The summed E-state index contributed by atoms with van der Waals surface area (Å²) in [6.45, 7) is 1.92. The van der Waals surface area contributed by atoms with Gasteiger partial charge in [-0.2, -0.15) is 5.26 Å². The minimum absolute atomic E-state index is 0.187. The van der Waals surface area contributed by atoms with Crippen molar-refractivity contribution in [3.8, 4) is 11.8 Å². The molecule has 5 heteroatoms. The highest BCUT2D eigenvalue weighted by molar-refractivity contribution is 5.90. The van der Waals surface area contributed by atoms with Gasteiger partial charge in [-0.1, -0.05) is 12.1 Å². The van der Waals surface area contributed by atoms with Gasteiger partial charge in [-0.25, -0.2) is 4.79 Å². The number of carbonyl (C=O) groups excluding carboxylic acids is 1.